The van der Waals surface area contributed by atoms with E-state index in [0.29, 0.717) is 5.56 Å². The van der Waals surface area contributed by atoms with Crippen molar-refractivity contribution in [2.45, 2.75) is 13.3 Å². The summed E-state index contributed by atoms with van der Waals surface area (Å²) < 4.78 is 0. The highest BCUT2D eigenvalue weighted by Crippen LogP contribution is 2.05. The number of pyridine rings is 1. The number of anilines is 1. The average Bonchev–Trinajstić information content (AvgIpc) is 2.15. The Kier molecular flexibility index (Phi) is 3.26. The quantitative estimate of drug-likeness (QED) is 0.689. The lowest BCUT2D eigenvalue weighted by molar-refractivity contribution is 0.112. The Hall–Kier alpha value is -1.38. The Bertz CT molecular complexity index is 260. The molecule has 3 heteroatoms. The molecule has 1 aromatic heterocycles. The molecule has 12 heavy (non-hydrogen) atoms. The zero-order valence-electron chi connectivity index (χ0n) is 7.08. The van der Waals surface area contributed by atoms with Gasteiger partial charge in [-0.15, -0.1) is 0 Å². The molecule has 0 amide bonds. The Labute approximate surface area is 71.8 Å². The van der Waals surface area contributed by atoms with E-state index in [9.17, 15) is 4.79 Å². The molecule has 1 N–H and O–H groups in total. The molecule has 0 aromatic carbocycles. The van der Waals surface area contributed by atoms with E-state index in [1.807, 2.05) is 0 Å². The van der Waals surface area contributed by atoms with Crippen molar-refractivity contribution in [1.29, 1.82) is 0 Å². The van der Waals surface area contributed by atoms with E-state index < -0.39 is 0 Å². The fraction of sp³-hybridized carbons (Fsp3) is 0.333. The first-order chi connectivity index (χ1) is 5.86. The third kappa shape index (κ3) is 2.34. The second-order valence-electron chi connectivity index (χ2n) is 2.55. The van der Waals surface area contributed by atoms with Gasteiger partial charge in [0.2, 0.25) is 0 Å². The van der Waals surface area contributed by atoms with Crippen molar-refractivity contribution in [3.8, 4) is 0 Å². The summed E-state index contributed by atoms with van der Waals surface area (Å²) in [6.45, 7) is 2.99. The van der Waals surface area contributed by atoms with Gasteiger partial charge in [-0.25, -0.2) is 0 Å². The number of rotatable bonds is 4. The summed E-state index contributed by atoms with van der Waals surface area (Å²) in [6, 6.07) is 1.79. The minimum Gasteiger partial charge on any atom is -0.384 e. The van der Waals surface area contributed by atoms with Crippen LogP contribution < -0.4 is 5.32 Å². The molecule has 64 valence electrons. The predicted octanol–water partition coefficient (Wildman–Crippen LogP) is 1.72. The van der Waals surface area contributed by atoms with Crippen LogP contribution in [0.1, 0.15) is 23.7 Å². The molecule has 1 heterocycles. The Morgan fingerprint density at radius 3 is 3.08 bits per heavy atom. The summed E-state index contributed by atoms with van der Waals surface area (Å²) in [5.41, 5.74) is 1.51. The van der Waals surface area contributed by atoms with Crippen molar-refractivity contribution in [2.75, 3.05) is 11.9 Å². The van der Waals surface area contributed by atoms with E-state index in [1.54, 1.807) is 18.5 Å². The van der Waals surface area contributed by atoms with E-state index in [0.717, 1.165) is 24.9 Å². The second-order valence-corrected chi connectivity index (χ2v) is 2.55. The molecular weight excluding hydrogens is 152 g/mol. The van der Waals surface area contributed by atoms with Crippen LogP contribution in [0.15, 0.2) is 18.5 Å². The summed E-state index contributed by atoms with van der Waals surface area (Å²) >= 11 is 0. The lowest BCUT2D eigenvalue weighted by Gasteiger charge is -2.02. The summed E-state index contributed by atoms with van der Waals surface area (Å²) in [5, 5.41) is 3.15. The van der Waals surface area contributed by atoms with Crippen LogP contribution in [0.2, 0.25) is 0 Å². The summed E-state index contributed by atoms with van der Waals surface area (Å²) in [5.74, 6) is 0. The lowest BCUT2D eigenvalue weighted by Crippen LogP contribution is -2.00. The van der Waals surface area contributed by atoms with E-state index in [1.165, 1.54) is 0 Å². The van der Waals surface area contributed by atoms with Gasteiger partial charge in [-0.1, -0.05) is 6.92 Å². The fourth-order valence-corrected chi connectivity index (χ4v) is 0.888. The average molecular weight is 164 g/mol. The molecule has 0 bridgehead atoms. The van der Waals surface area contributed by atoms with Gasteiger partial charge in [-0.05, 0) is 12.5 Å². The van der Waals surface area contributed by atoms with Crippen LogP contribution in [0.4, 0.5) is 5.69 Å². The predicted molar refractivity (Wildman–Crippen MR) is 48.4 cm³/mol. The van der Waals surface area contributed by atoms with Crippen LogP contribution in [0.5, 0.6) is 0 Å². The Morgan fingerprint density at radius 1 is 1.58 bits per heavy atom. The van der Waals surface area contributed by atoms with Gasteiger partial charge in [-0.2, -0.15) is 0 Å². The maximum absolute atomic E-state index is 10.4. The summed E-state index contributed by atoms with van der Waals surface area (Å²) in [7, 11) is 0. The van der Waals surface area contributed by atoms with Crippen LogP contribution in [0.25, 0.3) is 0 Å². The molecular formula is C9H12N2O. The van der Waals surface area contributed by atoms with E-state index in [4.69, 9.17) is 0 Å². The van der Waals surface area contributed by atoms with Gasteiger partial charge in [0, 0.05) is 24.5 Å². The van der Waals surface area contributed by atoms with E-state index in [2.05, 4.69) is 17.2 Å². The maximum Gasteiger partial charge on any atom is 0.151 e. The molecule has 0 aliphatic carbocycles. The van der Waals surface area contributed by atoms with Crippen molar-refractivity contribution in [2.24, 2.45) is 0 Å². The highest BCUT2D eigenvalue weighted by Gasteiger charge is 1.93. The molecule has 1 aromatic rings. The number of aldehydes is 1. The van der Waals surface area contributed by atoms with Crippen LogP contribution in [0, 0.1) is 0 Å². The van der Waals surface area contributed by atoms with E-state index in [-0.39, 0.29) is 0 Å². The van der Waals surface area contributed by atoms with Crippen LogP contribution in [-0.4, -0.2) is 17.8 Å². The SMILES string of the molecule is CCCNc1cncc(C=O)c1. The monoisotopic (exact) mass is 164 g/mol. The van der Waals surface area contributed by atoms with Crippen molar-refractivity contribution in [3.05, 3.63) is 24.0 Å². The molecule has 0 unspecified atom stereocenters. The second kappa shape index (κ2) is 4.49. The molecule has 3 nitrogen and oxygen atoms in total. The lowest BCUT2D eigenvalue weighted by atomic mass is 10.3. The number of aromatic nitrogens is 1. The van der Waals surface area contributed by atoms with Gasteiger partial charge in [-0.3, -0.25) is 9.78 Å². The maximum atomic E-state index is 10.4. The highest BCUT2D eigenvalue weighted by atomic mass is 16.1. The molecule has 0 aliphatic heterocycles. The number of nitrogens with one attached hydrogen (secondary N) is 1. The number of carbonyl (C=O) groups is 1. The number of nitrogens with zero attached hydrogens (tertiary/aromatic N) is 1. The molecule has 0 radical (unpaired) electrons. The van der Waals surface area contributed by atoms with Crippen molar-refractivity contribution in [3.63, 3.8) is 0 Å². The van der Waals surface area contributed by atoms with Crippen molar-refractivity contribution >= 4 is 12.0 Å². The number of hydrogen-bond donors (Lipinski definition) is 1. The largest absolute Gasteiger partial charge is 0.384 e. The highest BCUT2D eigenvalue weighted by molar-refractivity contribution is 5.75. The third-order valence-electron chi connectivity index (χ3n) is 1.47. The zero-order chi connectivity index (χ0) is 8.81. The minimum absolute atomic E-state index is 0.608. The van der Waals surface area contributed by atoms with Crippen LogP contribution in [0.3, 0.4) is 0 Å². The minimum atomic E-state index is 0.608. The number of hydrogen-bond acceptors (Lipinski definition) is 3. The first-order valence-electron chi connectivity index (χ1n) is 4.01. The first kappa shape index (κ1) is 8.71. The summed E-state index contributed by atoms with van der Waals surface area (Å²) in [6.07, 6.45) is 5.11. The topological polar surface area (TPSA) is 42.0 Å². The molecule has 0 spiro atoms. The fourth-order valence-electron chi connectivity index (χ4n) is 0.888. The van der Waals surface area contributed by atoms with Crippen molar-refractivity contribution < 1.29 is 4.79 Å². The van der Waals surface area contributed by atoms with Crippen LogP contribution >= 0.6 is 0 Å². The zero-order valence-corrected chi connectivity index (χ0v) is 7.08. The molecule has 0 saturated carbocycles. The normalized spacial score (nSPS) is 9.42. The number of carbonyl (C=O) groups excluding carboxylic acids is 1. The van der Waals surface area contributed by atoms with Gasteiger partial charge in [0.1, 0.15) is 0 Å². The van der Waals surface area contributed by atoms with E-state index >= 15 is 0 Å². The first-order valence-corrected chi connectivity index (χ1v) is 4.01. The van der Waals surface area contributed by atoms with Gasteiger partial charge >= 0.3 is 0 Å². The van der Waals surface area contributed by atoms with Gasteiger partial charge in [0.25, 0.3) is 0 Å². The smallest absolute Gasteiger partial charge is 0.151 e. The van der Waals surface area contributed by atoms with Crippen LogP contribution in [-0.2, 0) is 0 Å². The third-order valence-corrected chi connectivity index (χ3v) is 1.47. The van der Waals surface area contributed by atoms with Crippen molar-refractivity contribution in [1.82, 2.24) is 4.98 Å². The standard InChI is InChI=1S/C9H12N2O/c1-2-3-11-9-4-8(7-12)5-10-6-9/h4-7,11H,2-3H2,1H3. The molecule has 1 rings (SSSR count). The Balaban J connectivity index is 2.66. The molecule has 0 saturated heterocycles. The van der Waals surface area contributed by atoms with Gasteiger partial charge in [0.05, 0.1) is 5.69 Å². The molecule has 0 atom stereocenters. The molecule has 0 aliphatic rings. The Morgan fingerprint density at radius 2 is 2.42 bits per heavy atom. The van der Waals surface area contributed by atoms with Gasteiger partial charge in [0.15, 0.2) is 6.29 Å². The summed E-state index contributed by atoms with van der Waals surface area (Å²) in [4.78, 5) is 14.3. The molecule has 0 fully saturated rings. The van der Waals surface area contributed by atoms with Gasteiger partial charge < -0.3 is 5.32 Å².